The Labute approximate surface area is 405 Å². The number of rotatable bonds is 8. The molecular formula is C60H55N4OPt-. The normalized spacial score (nSPS) is 18.1. The molecule has 3 aliphatic rings. The van der Waals surface area contributed by atoms with Gasteiger partial charge >= 0.3 is 0 Å². The van der Waals surface area contributed by atoms with Crippen molar-refractivity contribution in [1.29, 1.82) is 0 Å². The first-order valence-electron chi connectivity index (χ1n) is 23.3. The zero-order valence-corrected chi connectivity index (χ0v) is 41.2. The van der Waals surface area contributed by atoms with Crippen LogP contribution in [-0.2, 0) is 31.9 Å². The number of fused-ring (bicyclic) bond motifs is 3. The number of benzene rings is 7. The molecule has 2 atom stereocenters. The summed E-state index contributed by atoms with van der Waals surface area (Å²) in [7, 11) is 0. The SMILES string of the molecule is [2H]C(C)(C)c1cccc2c1[N@@+]1(c3c(-c4ccccc4)cccc3-c3ccccc3)[CH-][N@+]2(c2[c-]c(Oc3[c-]c4c(cc3)c3ccccc3n4-c3cc(C(C)(C)C)ccn3)cc(C(C)(C)C)c2)C1.[Pt]. The standard InChI is InChI=1S/C60H55N4O.Pt/c1-40(2)48-24-18-28-55-58(48)64(57-49(41-19-11-9-12-20-41)25-17-26-50(57)42-21-13-10-14-22-42)38-63(55,39-64)45-33-44(60(6,7)8)34-47(36-45)65-46-29-30-52-51-23-15-16-27-53(51)62(54(52)37-46)56-35-43(31-32-61-56)59(3,4)5;/h9-35,38,40H,39H2,1-8H3;/q-1;/t63-,64+;/m1./s1/i40D;. The van der Waals surface area contributed by atoms with Gasteiger partial charge in [-0.25, -0.2) is 4.98 Å². The molecule has 1 fully saturated rings. The van der Waals surface area contributed by atoms with E-state index in [1.807, 2.05) is 26.1 Å². The fraction of sp³-hybridized carbons (Fsp3) is 0.200. The molecule has 0 unspecified atom stereocenters. The van der Waals surface area contributed by atoms with Crippen LogP contribution in [0.5, 0.6) is 11.5 Å². The summed E-state index contributed by atoms with van der Waals surface area (Å²) >= 11 is 0. The van der Waals surface area contributed by atoms with Crippen LogP contribution in [0.4, 0.5) is 22.7 Å². The van der Waals surface area contributed by atoms with Gasteiger partial charge < -0.3 is 13.8 Å². The number of quaternary nitrogens is 2. The van der Waals surface area contributed by atoms with E-state index in [1.54, 1.807) is 0 Å². The van der Waals surface area contributed by atoms with E-state index in [0.717, 1.165) is 66.9 Å². The molecule has 1 saturated heterocycles. The number of aromatic nitrogens is 2. The zero-order chi connectivity index (χ0) is 45.8. The van der Waals surface area contributed by atoms with E-state index in [9.17, 15) is 1.37 Å². The average Bonchev–Trinajstić information content (AvgIpc) is 3.89. The van der Waals surface area contributed by atoms with Crippen molar-refractivity contribution in [2.75, 3.05) is 6.67 Å². The van der Waals surface area contributed by atoms with Gasteiger partial charge in [0.1, 0.15) is 11.5 Å². The van der Waals surface area contributed by atoms with E-state index in [2.05, 4.69) is 217 Å². The first kappa shape index (κ1) is 42.5. The molecule has 0 amide bonds. The molecule has 5 heterocycles. The van der Waals surface area contributed by atoms with Crippen molar-refractivity contribution < 1.29 is 27.2 Å². The van der Waals surface area contributed by atoms with Crippen LogP contribution in [0.1, 0.15) is 79.3 Å². The number of hydrogen-bond donors (Lipinski definition) is 0. The molecule has 0 spiro atoms. The van der Waals surface area contributed by atoms with Crippen LogP contribution < -0.4 is 13.7 Å². The van der Waals surface area contributed by atoms with E-state index in [0.29, 0.717) is 27.1 Å². The summed E-state index contributed by atoms with van der Waals surface area (Å²) in [4.78, 5) is 4.91. The quantitative estimate of drug-likeness (QED) is 0.112. The fourth-order valence-electron chi connectivity index (χ4n) is 10.3. The molecule has 0 aliphatic carbocycles. The molecule has 7 aromatic carbocycles. The van der Waals surface area contributed by atoms with Crippen molar-refractivity contribution in [2.24, 2.45) is 0 Å². The molecule has 6 heteroatoms. The summed E-state index contributed by atoms with van der Waals surface area (Å²) in [6.45, 7) is 20.7. The van der Waals surface area contributed by atoms with Crippen molar-refractivity contribution in [3.8, 4) is 39.6 Å². The minimum absolute atomic E-state index is 0. The maximum Gasteiger partial charge on any atom is 0.184 e. The van der Waals surface area contributed by atoms with E-state index in [-0.39, 0.29) is 31.9 Å². The number of ether oxygens (including phenoxy) is 1. The third kappa shape index (κ3) is 6.98. The third-order valence-electron chi connectivity index (χ3n) is 13.6. The summed E-state index contributed by atoms with van der Waals surface area (Å²) in [6, 6.07) is 63.8. The van der Waals surface area contributed by atoms with Gasteiger partial charge in [0.05, 0.1) is 6.67 Å². The smallest absolute Gasteiger partial charge is 0.184 e. The molecule has 5 nitrogen and oxygen atoms in total. The van der Waals surface area contributed by atoms with Gasteiger partial charge in [0.25, 0.3) is 0 Å². The maximum absolute atomic E-state index is 9.61. The number of pyridine rings is 1. The molecule has 3 aliphatic heterocycles. The Morgan fingerprint density at radius 3 is 1.92 bits per heavy atom. The average molecular weight is 1040 g/mol. The summed E-state index contributed by atoms with van der Waals surface area (Å²) in [5.74, 6) is 1.22. The van der Waals surface area contributed by atoms with Crippen LogP contribution in [0.3, 0.4) is 0 Å². The molecule has 12 rings (SSSR count). The van der Waals surface area contributed by atoms with Crippen LogP contribution >= 0.6 is 0 Å². The molecule has 0 saturated carbocycles. The van der Waals surface area contributed by atoms with Crippen molar-refractivity contribution in [2.45, 2.75) is 72.1 Å². The number of hydrogen-bond acceptors (Lipinski definition) is 2. The van der Waals surface area contributed by atoms with E-state index >= 15 is 0 Å². The van der Waals surface area contributed by atoms with Gasteiger partial charge in [-0.05, 0) is 69.1 Å². The van der Waals surface area contributed by atoms with Gasteiger partial charge in [-0.3, -0.25) is 4.48 Å². The van der Waals surface area contributed by atoms with Gasteiger partial charge in [0.15, 0.2) is 18.0 Å². The van der Waals surface area contributed by atoms with Crippen molar-refractivity contribution in [1.82, 2.24) is 18.5 Å². The topological polar surface area (TPSA) is 27.1 Å². The van der Waals surface area contributed by atoms with E-state index in [4.69, 9.17) is 9.72 Å². The van der Waals surface area contributed by atoms with Gasteiger partial charge in [0, 0.05) is 74.1 Å². The molecule has 332 valence electrons. The number of para-hydroxylation sites is 3. The second-order valence-electron chi connectivity index (χ2n) is 20.2. The predicted octanol–water partition coefficient (Wildman–Crippen LogP) is 16.0. The van der Waals surface area contributed by atoms with Crippen LogP contribution in [-0.4, -0.2) is 16.2 Å². The second-order valence-corrected chi connectivity index (χ2v) is 20.2. The Bertz CT molecular complexity index is 3290. The summed E-state index contributed by atoms with van der Waals surface area (Å²) in [6.07, 6.45) is 1.91. The maximum atomic E-state index is 9.61. The predicted molar refractivity (Wildman–Crippen MR) is 270 cm³/mol. The van der Waals surface area contributed by atoms with Crippen LogP contribution in [0.2, 0.25) is 0 Å². The molecule has 0 radical (unpaired) electrons. The molecule has 2 aromatic heterocycles. The van der Waals surface area contributed by atoms with Crippen molar-refractivity contribution in [3.63, 3.8) is 0 Å². The first-order valence-corrected chi connectivity index (χ1v) is 22.8. The minimum Gasteiger partial charge on any atom is -0.509 e. The van der Waals surface area contributed by atoms with Gasteiger partial charge in [-0.15, -0.1) is 35.2 Å². The van der Waals surface area contributed by atoms with Crippen LogP contribution in [0.15, 0.2) is 164 Å². The van der Waals surface area contributed by atoms with Crippen molar-refractivity contribution >= 4 is 44.6 Å². The van der Waals surface area contributed by atoms with Gasteiger partial charge in [-0.2, -0.15) is 6.07 Å². The molecule has 9 aromatic rings. The Balaban J connectivity index is 0.00000525. The monoisotopic (exact) mass is 1040 g/mol. The third-order valence-corrected chi connectivity index (χ3v) is 13.6. The Hall–Kier alpha value is -6.10. The summed E-state index contributed by atoms with van der Waals surface area (Å²) < 4.78 is 19.8. The Morgan fingerprint density at radius 2 is 1.27 bits per heavy atom. The summed E-state index contributed by atoms with van der Waals surface area (Å²) in [5, 5.41) is 2.23. The zero-order valence-electron chi connectivity index (χ0n) is 39.9. The fourth-order valence-corrected chi connectivity index (χ4v) is 10.3. The Morgan fingerprint density at radius 1 is 0.636 bits per heavy atom. The number of nitrogens with zero attached hydrogens (tertiary/aromatic N) is 4. The van der Waals surface area contributed by atoms with Crippen molar-refractivity contribution in [3.05, 3.63) is 199 Å². The van der Waals surface area contributed by atoms with Crippen LogP contribution in [0.25, 0.3) is 49.9 Å². The van der Waals surface area contributed by atoms with E-state index < -0.39 is 5.89 Å². The van der Waals surface area contributed by atoms with Gasteiger partial charge in [-0.1, -0.05) is 164 Å². The van der Waals surface area contributed by atoms with E-state index in [1.165, 1.54) is 22.4 Å². The first-order chi connectivity index (χ1) is 31.5. The summed E-state index contributed by atoms with van der Waals surface area (Å²) in [5.41, 5.74) is 14.3. The minimum atomic E-state index is -0.868. The Kier molecular flexibility index (Phi) is 10.3. The molecule has 0 N–H and O–H groups in total. The second kappa shape index (κ2) is 16.1. The largest absolute Gasteiger partial charge is 0.509 e. The molecule has 2 bridgehead atoms. The molecule has 66 heavy (non-hydrogen) atoms. The van der Waals surface area contributed by atoms with Gasteiger partial charge in [0.2, 0.25) is 0 Å². The van der Waals surface area contributed by atoms with Crippen LogP contribution in [0, 0.1) is 18.8 Å². The molecular weight excluding hydrogens is 988 g/mol.